The standard InChI is InChI=1S/C19H22N2O4/c1-4-14-5-7-15(8-6-14)12-20-25-13-19(22)21-17-11-16(23-2)9-10-18(17)24-3/h5-12H,4,13H2,1-3H3,(H,21,22)/b20-12-. The van der Waals surface area contributed by atoms with Crippen LogP contribution in [-0.2, 0) is 16.1 Å². The minimum atomic E-state index is -0.343. The molecule has 1 N–H and O–H groups in total. The third-order valence-electron chi connectivity index (χ3n) is 3.54. The molecule has 0 aliphatic rings. The Morgan fingerprint density at radius 3 is 2.52 bits per heavy atom. The van der Waals surface area contributed by atoms with E-state index in [9.17, 15) is 4.79 Å². The molecule has 0 bridgehead atoms. The summed E-state index contributed by atoms with van der Waals surface area (Å²) in [6.45, 7) is 1.89. The van der Waals surface area contributed by atoms with Crippen molar-refractivity contribution in [1.29, 1.82) is 0 Å². The van der Waals surface area contributed by atoms with Gasteiger partial charge in [0.25, 0.3) is 5.91 Å². The largest absolute Gasteiger partial charge is 0.497 e. The van der Waals surface area contributed by atoms with Crippen LogP contribution in [0.4, 0.5) is 5.69 Å². The highest BCUT2D eigenvalue weighted by atomic mass is 16.6. The van der Waals surface area contributed by atoms with Crippen LogP contribution in [0.5, 0.6) is 11.5 Å². The minimum Gasteiger partial charge on any atom is -0.497 e. The number of hydrogen-bond donors (Lipinski definition) is 1. The molecule has 0 fully saturated rings. The van der Waals surface area contributed by atoms with E-state index in [2.05, 4.69) is 17.4 Å². The van der Waals surface area contributed by atoms with Gasteiger partial charge in [0, 0.05) is 6.07 Å². The van der Waals surface area contributed by atoms with Crippen molar-refractivity contribution < 1.29 is 19.1 Å². The van der Waals surface area contributed by atoms with E-state index < -0.39 is 0 Å². The number of carbonyl (C=O) groups is 1. The molecule has 25 heavy (non-hydrogen) atoms. The molecule has 0 saturated heterocycles. The Morgan fingerprint density at radius 2 is 1.88 bits per heavy atom. The molecular formula is C19H22N2O4. The quantitative estimate of drug-likeness (QED) is 0.590. The van der Waals surface area contributed by atoms with Crippen molar-refractivity contribution in [3.8, 4) is 11.5 Å². The zero-order chi connectivity index (χ0) is 18.1. The Balaban J connectivity index is 1.87. The van der Waals surface area contributed by atoms with Crippen molar-refractivity contribution >= 4 is 17.8 Å². The average Bonchev–Trinajstić information content (AvgIpc) is 2.65. The topological polar surface area (TPSA) is 69.2 Å². The highest BCUT2D eigenvalue weighted by Crippen LogP contribution is 2.28. The second-order valence-electron chi connectivity index (χ2n) is 5.22. The number of oxime groups is 1. The number of aryl methyl sites for hydroxylation is 1. The summed E-state index contributed by atoms with van der Waals surface area (Å²) in [5.41, 5.74) is 2.67. The lowest BCUT2D eigenvalue weighted by Crippen LogP contribution is -2.17. The minimum absolute atomic E-state index is 0.204. The third kappa shape index (κ3) is 5.53. The second kappa shape index (κ2) is 9.32. The first-order valence-electron chi connectivity index (χ1n) is 7.92. The Bertz CT molecular complexity index is 727. The van der Waals surface area contributed by atoms with E-state index in [1.807, 2.05) is 24.3 Å². The van der Waals surface area contributed by atoms with E-state index in [-0.39, 0.29) is 12.5 Å². The zero-order valence-corrected chi connectivity index (χ0v) is 14.6. The van der Waals surface area contributed by atoms with E-state index >= 15 is 0 Å². The van der Waals surface area contributed by atoms with Gasteiger partial charge in [0.05, 0.1) is 26.1 Å². The molecule has 0 unspecified atom stereocenters. The molecule has 0 aromatic heterocycles. The van der Waals surface area contributed by atoms with Gasteiger partial charge in [-0.05, 0) is 29.7 Å². The average molecular weight is 342 g/mol. The Kier molecular flexibility index (Phi) is 6.83. The predicted molar refractivity (Wildman–Crippen MR) is 97.5 cm³/mol. The smallest absolute Gasteiger partial charge is 0.265 e. The lowest BCUT2D eigenvalue weighted by atomic mass is 10.1. The third-order valence-corrected chi connectivity index (χ3v) is 3.54. The van der Waals surface area contributed by atoms with Crippen molar-refractivity contribution in [2.75, 3.05) is 26.1 Å². The normalized spacial score (nSPS) is 10.5. The fraction of sp³-hybridized carbons (Fsp3) is 0.263. The summed E-state index contributed by atoms with van der Waals surface area (Å²) in [4.78, 5) is 17.0. The number of ether oxygens (including phenoxy) is 2. The number of benzene rings is 2. The van der Waals surface area contributed by atoms with Crippen LogP contribution >= 0.6 is 0 Å². The van der Waals surface area contributed by atoms with Gasteiger partial charge < -0.3 is 19.6 Å². The number of amides is 1. The van der Waals surface area contributed by atoms with Crippen LogP contribution < -0.4 is 14.8 Å². The summed E-state index contributed by atoms with van der Waals surface area (Å²) in [6.07, 6.45) is 2.56. The van der Waals surface area contributed by atoms with Gasteiger partial charge >= 0.3 is 0 Å². The summed E-state index contributed by atoms with van der Waals surface area (Å²) in [7, 11) is 3.08. The van der Waals surface area contributed by atoms with Crippen molar-refractivity contribution in [1.82, 2.24) is 0 Å². The number of nitrogens with zero attached hydrogens (tertiary/aromatic N) is 1. The zero-order valence-electron chi connectivity index (χ0n) is 14.6. The highest BCUT2D eigenvalue weighted by Gasteiger charge is 2.09. The van der Waals surface area contributed by atoms with E-state index in [0.29, 0.717) is 17.2 Å². The van der Waals surface area contributed by atoms with Crippen LogP contribution in [0.25, 0.3) is 0 Å². The van der Waals surface area contributed by atoms with Gasteiger partial charge in [-0.15, -0.1) is 0 Å². The van der Waals surface area contributed by atoms with Gasteiger partial charge in [-0.3, -0.25) is 4.79 Å². The maximum atomic E-state index is 12.0. The molecule has 6 nitrogen and oxygen atoms in total. The molecule has 1 amide bonds. The lowest BCUT2D eigenvalue weighted by molar-refractivity contribution is -0.120. The molecule has 0 heterocycles. The molecule has 132 valence electrons. The summed E-state index contributed by atoms with van der Waals surface area (Å²) in [5.74, 6) is 0.810. The van der Waals surface area contributed by atoms with Gasteiger partial charge in [0.15, 0.2) is 6.61 Å². The highest BCUT2D eigenvalue weighted by molar-refractivity contribution is 5.93. The molecule has 6 heteroatoms. The SMILES string of the molecule is CCc1ccc(/C=N\OCC(=O)Nc2cc(OC)ccc2OC)cc1. The van der Waals surface area contributed by atoms with Gasteiger partial charge in [-0.25, -0.2) is 0 Å². The van der Waals surface area contributed by atoms with Crippen LogP contribution in [0.3, 0.4) is 0 Å². The molecule has 2 rings (SSSR count). The number of hydrogen-bond acceptors (Lipinski definition) is 5. The van der Waals surface area contributed by atoms with Crippen LogP contribution in [0.2, 0.25) is 0 Å². The first-order chi connectivity index (χ1) is 12.2. The van der Waals surface area contributed by atoms with Crippen LogP contribution in [0, 0.1) is 0 Å². The van der Waals surface area contributed by atoms with Crippen molar-refractivity contribution in [2.45, 2.75) is 13.3 Å². The van der Waals surface area contributed by atoms with Crippen LogP contribution in [0.15, 0.2) is 47.6 Å². The number of anilines is 1. The van der Waals surface area contributed by atoms with Crippen molar-refractivity contribution in [2.24, 2.45) is 5.16 Å². The van der Waals surface area contributed by atoms with Crippen LogP contribution in [-0.4, -0.2) is 32.9 Å². The van der Waals surface area contributed by atoms with Gasteiger partial charge in [0.1, 0.15) is 11.5 Å². The predicted octanol–water partition coefficient (Wildman–Crippen LogP) is 3.26. The summed E-state index contributed by atoms with van der Waals surface area (Å²) < 4.78 is 10.3. The molecule has 0 atom stereocenters. The van der Waals surface area contributed by atoms with Crippen molar-refractivity contribution in [3.05, 3.63) is 53.6 Å². The van der Waals surface area contributed by atoms with E-state index in [1.165, 1.54) is 12.7 Å². The molecular weight excluding hydrogens is 320 g/mol. The number of rotatable bonds is 8. The monoisotopic (exact) mass is 342 g/mol. The Labute approximate surface area is 147 Å². The van der Waals surface area contributed by atoms with Crippen LogP contribution in [0.1, 0.15) is 18.1 Å². The number of nitrogens with one attached hydrogen (secondary N) is 1. The van der Waals surface area contributed by atoms with Gasteiger partial charge in [0.2, 0.25) is 0 Å². The molecule has 0 aliphatic heterocycles. The fourth-order valence-electron chi connectivity index (χ4n) is 2.13. The molecule has 2 aromatic rings. The van der Waals surface area contributed by atoms with E-state index in [1.54, 1.807) is 31.5 Å². The van der Waals surface area contributed by atoms with E-state index in [4.69, 9.17) is 14.3 Å². The van der Waals surface area contributed by atoms with Gasteiger partial charge in [-0.1, -0.05) is 36.3 Å². The first kappa shape index (κ1) is 18.3. The van der Waals surface area contributed by atoms with Gasteiger partial charge in [-0.2, -0.15) is 0 Å². The molecule has 2 aromatic carbocycles. The summed E-state index contributed by atoms with van der Waals surface area (Å²) in [6, 6.07) is 13.1. The summed E-state index contributed by atoms with van der Waals surface area (Å²) >= 11 is 0. The molecule has 0 aliphatic carbocycles. The maximum absolute atomic E-state index is 12.0. The Morgan fingerprint density at radius 1 is 1.12 bits per heavy atom. The number of carbonyl (C=O) groups excluding carboxylic acids is 1. The lowest BCUT2D eigenvalue weighted by Gasteiger charge is -2.11. The Hall–Kier alpha value is -3.02. The summed E-state index contributed by atoms with van der Waals surface area (Å²) in [5, 5.41) is 6.52. The fourth-order valence-corrected chi connectivity index (χ4v) is 2.13. The van der Waals surface area contributed by atoms with E-state index in [0.717, 1.165) is 12.0 Å². The molecule has 0 radical (unpaired) electrons. The first-order valence-corrected chi connectivity index (χ1v) is 7.92. The molecule has 0 saturated carbocycles. The number of methoxy groups -OCH3 is 2. The maximum Gasteiger partial charge on any atom is 0.265 e. The second-order valence-corrected chi connectivity index (χ2v) is 5.22. The van der Waals surface area contributed by atoms with Crippen molar-refractivity contribution in [3.63, 3.8) is 0 Å². The molecule has 0 spiro atoms.